The average Bonchev–Trinajstić information content (AvgIpc) is 3.17. The summed E-state index contributed by atoms with van der Waals surface area (Å²) in [5.74, 6) is -0.603. The van der Waals surface area contributed by atoms with Crippen molar-refractivity contribution in [2.24, 2.45) is 0 Å². The summed E-state index contributed by atoms with van der Waals surface area (Å²) in [4.78, 5) is 44.3. The van der Waals surface area contributed by atoms with E-state index in [1.54, 1.807) is 58.3 Å². The number of amides is 3. The van der Waals surface area contributed by atoms with E-state index >= 15 is 0 Å². The summed E-state index contributed by atoms with van der Waals surface area (Å²) >= 11 is 0. The van der Waals surface area contributed by atoms with Crippen LogP contribution in [0.25, 0.3) is 0 Å². The SMILES string of the molecule is Cc1ccc(S(=O)(=O)N2CCN(C(=O)CN3C(=O)c4ccccc4N4C(=O)CC[C@@]34C)CC2)cc1. The summed E-state index contributed by atoms with van der Waals surface area (Å²) < 4.78 is 27.4. The van der Waals surface area contributed by atoms with Crippen LogP contribution in [0.15, 0.2) is 53.4 Å². The van der Waals surface area contributed by atoms with Crippen molar-refractivity contribution >= 4 is 33.4 Å². The molecule has 35 heavy (non-hydrogen) atoms. The minimum atomic E-state index is -3.64. The molecule has 2 aromatic carbocycles. The van der Waals surface area contributed by atoms with Gasteiger partial charge in [0.25, 0.3) is 5.91 Å². The predicted molar refractivity (Wildman–Crippen MR) is 129 cm³/mol. The van der Waals surface area contributed by atoms with E-state index in [2.05, 4.69) is 0 Å². The highest BCUT2D eigenvalue weighted by Crippen LogP contribution is 2.43. The van der Waals surface area contributed by atoms with E-state index in [1.165, 1.54) is 9.21 Å². The molecule has 0 spiro atoms. The fourth-order valence-electron chi connectivity index (χ4n) is 5.21. The lowest BCUT2D eigenvalue weighted by molar-refractivity contribution is -0.134. The van der Waals surface area contributed by atoms with Gasteiger partial charge in [0.05, 0.1) is 16.1 Å². The van der Waals surface area contributed by atoms with E-state index in [4.69, 9.17) is 0 Å². The van der Waals surface area contributed by atoms with Crippen LogP contribution in [0.4, 0.5) is 5.69 Å². The van der Waals surface area contributed by atoms with Crippen LogP contribution >= 0.6 is 0 Å². The Morgan fingerprint density at radius 1 is 0.971 bits per heavy atom. The van der Waals surface area contributed by atoms with Gasteiger partial charge in [0.1, 0.15) is 12.2 Å². The standard InChI is InChI=1S/C25H28N4O5S/c1-18-7-9-19(10-8-18)35(33,34)27-15-13-26(14-16-27)23(31)17-28-24(32)20-5-3-4-6-21(20)29-22(30)11-12-25(28,29)2/h3-10H,11-17H2,1-2H3/t25-/m0/s1. The molecule has 2 aromatic rings. The van der Waals surface area contributed by atoms with Crippen molar-refractivity contribution in [3.63, 3.8) is 0 Å². The van der Waals surface area contributed by atoms with E-state index in [9.17, 15) is 22.8 Å². The summed E-state index contributed by atoms with van der Waals surface area (Å²) in [6, 6.07) is 13.7. The number of nitrogens with zero attached hydrogens (tertiary/aromatic N) is 4. The second-order valence-corrected chi connectivity index (χ2v) is 11.4. The number of rotatable bonds is 4. The van der Waals surface area contributed by atoms with Gasteiger partial charge in [-0.1, -0.05) is 29.8 Å². The lowest BCUT2D eigenvalue weighted by Crippen LogP contribution is -2.64. The van der Waals surface area contributed by atoms with Crippen molar-refractivity contribution < 1.29 is 22.8 Å². The zero-order chi connectivity index (χ0) is 25.0. The normalized spacial score (nSPS) is 22.9. The molecule has 0 saturated carbocycles. The van der Waals surface area contributed by atoms with Gasteiger partial charge in [-0.05, 0) is 44.5 Å². The van der Waals surface area contributed by atoms with Gasteiger partial charge in [-0.2, -0.15) is 4.31 Å². The Kier molecular flexibility index (Phi) is 5.68. The van der Waals surface area contributed by atoms with E-state index in [1.807, 2.05) is 13.8 Å². The van der Waals surface area contributed by atoms with Crippen molar-refractivity contribution in [3.05, 3.63) is 59.7 Å². The molecule has 5 rings (SSSR count). The Morgan fingerprint density at radius 3 is 2.31 bits per heavy atom. The largest absolute Gasteiger partial charge is 0.339 e. The van der Waals surface area contributed by atoms with Crippen LogP contribution in [0.1, 0.15) is 35.7 Å². The number of piperazine rings is 1. The summed E-state index contributed by atoms with van der Waals surface area (Å²) in [5, 5.41) is 0. The Hall–Kier alpha value is -3.24. The van der Waals surface area contributed by atoms with Crippen molar-refractivity contribution in [1.29, 1.82) is 0 Å². The molecular formula is C25H28N4O5S. The molecule has 0 bridgehead atoms. The lowest BCUT2D eigenvalue weighted by atomic mass is 9.98. The summed E-state index contributed by atoms with van der Waals surface area (Å²) in [5.41, 5.74) is 1.06. The first-order chi connectivity index (χ1) is 16.6. The van der Waals surface area contributed by atoms with Crippen molar-refractivity contribution in [1.82, 2.24) is 14.1 Å². The third kappa shape index (κ3) is 3.81. The lowest BCUT2D eigenvalue weighted by Gasteiger charge is -2.48. The third-order valence-corrected chi connectivity index (χ3v) is 9.20. The van der Waals surface area contributed by atoms with Crippen LogP contribution in [0, 0.1) is 6.92 Å². The molecule has 2 saturated heterocycles. The first-order valence-corrected chi connectivity index (χ1v) is 13.2. The Bertz CT molecular complexity index is 1300. The molecule has 0 aliphatic carbocycles. The van der Waals surface area contributed by atoms with Crippen LogP contribution in [0.5, 0.6) is 0 Å². The number of carbonyl (C=O) groups excluding carboxylic acids is 3. The first kappa shape index (κ1) is 23.5. The zero-order valence-electron chi connectivity index (χ0n) is 19.8. The Morgan fingerprint density at radius 2 is 1.63 bits per heavy atom. The maximum absolute atomic E-state index is 13.4. The molecule has 184 valence electrons. The van der Waals surface area contributed by atoms with Gasteiger partial charge < -0.3 is 9.80 Å². The van der Waals surface area contributed by atoms with E-state index in [0.717, 1.165) is 5.56 Å². The van der Waals surface area contributed by atoms with Crippen molar-refractivity contribution in [2.45, 2.75) is 37.2 Å². The average molecular weight is 497 g/mol. The third-order valence-electron chi connectivity index (χ3n) is 7.29. The molecule has 0 unspecified atom stereocenters. The number of hydrogen-bond donors (Lipinski definition) is 0. The van der Waals surface area contributed by atoms with Gasteiger partial charge in [-0.3, -0.25) is 19.3 Å². The minimum absolute atomic E-state index is 0.0696. The number of sulfonamides is 1. The Balaban J connectivity index is 1.31. The predicted octanol–water partition coefficient (Wildman–Crippen LogP) is 1.83. The molecule has 0 aromatic heterocycles. The van der Waals surface area contributed by atoms with Gasteiger partial charge in [-0.15, -0.1) is 0 Å². The molecule has 3 aliphatic rings. The molecule has 3 amide bonds. The molecule has 10 heteroatoms. The maximum Gasteiger partial charge on any atom is 0.258 e. The number of carbonyl (C=O) groups is 3. The summed E-state index contributed by atoms with van der Waals surface area (Å²) in [7, 11) is -3.64. The van der Waals surface area contributed by atoms with E-state index in [0.29, 0.717) is 24.1 Å². The van der Waals surface area contributed by atoms with Crippen LogP contribution < -0.4 is 4.90 Å². The molecule has 3 aliphatic heterocycles. The van der Waals surface area contributed by atoms with Crippen LogP contribution in [0.3, 0.4) is 0 Å². The van der Waals surface area contributed by atoms with Crippen molar-refractivity contribution in [2.75, 3.05) is 37.6 Å². The van der Waals surface area contributed by atoms with Crippen LogP contribution in [0.2, 0.25) is 0 Å². The highest BCUT2D eigenvalue weighted by Gasteiger charge is 2.53. The quantitative estimate of drug-likeness (QED) is 0.643. The van der Waals surface area contributed by atoms with Crippen molar-refractivity contribution in [3.8, 4) is 0 Å². The van der Waals surface area contributed by atoms with Crippen LogP contribution in [-0.2, 0) is 19.6 Å². The smallest absolute Gasteiger partial charge is 0.258 e. The van der Waals surface area contributed by atoms with Gasteiger partial charge >= 0.3 is 0 Å². The number of aryl methyl sites for hydroxylation is 1. The number of para-hydroxylation sites is 1. The van der Waals surface area contributed by atoms with Crippen LogP contribution in [-0.4, -0.2) is 78.6 Å². The molecular weight excluding hydrogens is 468 g/mol. The second kappa shape index (κ2) is 8.46. The zero-order valence-corrected chi connectivity index (χ0v) is 20.6. The van der Waals surface area contributed by atoms with Gasteiger partial charge in [0.2, 0.25) is 21.8 Å². The maximum atomic E-state index is 13.4. The van der Waals surface area contributed by atoms with E-state index < -0.39 is 15.7 Å². The number of benzene rings is 2. The van der Waals surface area contributed by atoms with E-state index in [-0.39, 0.29) is 55.3 Å². The van der Waals surface area contributed by atoms with Gasteiger partial charge in [-0.25, -0.2) is 8.42 Å². The number of fused-ring (bicyclic) bond motifs is 3. The monoisotopic (exact) mass is 496 g/mol. The topological polar surface area (TPSA) is 98.3 Å². The second-order valence-electron chi connectivity index (χ2n) is 9.45. The summed E-state index contributed by atoms with van der Waals surface area (Å²) in [6.45, 7) is 4.39. The molecule has 0 radical (unpaired) electrons. The minimum Gasteiger partial charge on any atom is -0.339 e. The fourth-order valence-corrected chi connectivity index (χ4v) is 6.64. The first-order valence-electron chi connectivity index (χ1n) is 11.7. The molecule has 0 N–H and O–H groups in total. The fraction of sp³-hybridized carbons (Fsp3) is 0.400. The number of anilines is 1. The number of hydrogen-bond acceptors (Lipinski definition) is 5. The van der Waals surface area contributed by atoms with Gasteiger partial charge in [0.15, 0.2) is 0 Å². The highest BCUT2D eigenvalue weighted by molar-refractivity contribution is 7.89. The molecule has 1 atom stereocenters. The molecule has 2 fully saturated rings. The molecule has 9 nitrogen and oxygen atoms in total. The summed E-state index contributed by atoms with van der Waals surface area (Å²) in [6.07, 6.45) is 0.750. The Labute approximate surface area is 204 Å². The highest BCUT2D eigenvalue weighted by atomic mass is 32.2. The molecule has 3 heterocycles. The van der Waals surface area contributed by atoms with Gasteiger partial charge in [0, 0.05) is 32.6 Å².